The zero-order chi connectivity index (χ0) is 14.7. The molecular weight excluding hydrogens is 264 g/mol. The zero-order valence-corrected chi connectivity index (χ0v) is 13.0. The smallest absolute Gasteiger partial charge is 0.317 e. The van der Waals surface area contributed by atoms with Gasteiger partial charge in [-0.25, -0.2) is 4.79 Å². The number of hydrogen-bond donors (Lipinski definition) is 2. The third kappa shape index (κ3) is 4.93. The van der Waals surface area contributed by atoms with E-state index >= 15 is 0 Å². The fourth-order valence-electron chi connectivity index (χ4n) is 1.87. The van der Waals surface area contributed by atoms with E-state index in [2.05, 4.69) is 11.6 Å². The lowest BCUT2D eigenvalue weighted by Crippen LogP contribution is -2.52. The monoisotopic (exact) mass is 288 g/mol. The van der Waals surface area contributed by atoms with Gasteiger partial charge in [-0.15, -0.1) is 0 Å². The molecule has 1 rings (SSSR count). The number of carbonyl (C=O) groups is 2. The predicted octanol–water partition coefficient (Wildman–Crippen LogP) is 2.17. The summed E-state index contributed by atoms with van der Waals surface area (Å²) < 4.78 is 0.214. The molecule has 1 fully saturated rings. The molecule has 19 heavy (non-hydrogen) atoms. The molecule has 0 saturated heterocycles. The number of carbonyl (C=O) groups excluding carboxylic acids is 1. The first-order chi connectivity index (χ1) is 8.70. The largest absolute Gasteiger partial charge is 0.481 e. The molecule has 6 heteroatoms. The normalized spacial score (nSPS) is 16.8. The Kier molecular flexibility index (Phi) is 5.12. The van der Waals surface area contributed by atoms with E-state index in [1.165, 1.54) is 0 Å². The molecule has 110 valence electrons. The van der Waals surface area contributed by atoms with Crippen LogP contribution in [0.2, 0.25) is 0 Å². The Morgan fingerprint density at radius 1 is 1.37 bits per heavy atom. The summed E-state index contributed by atoms with van der Waals surface area (Å²) in [4.78, 5) is 24.5. The number of amides is 2. The Morgan fingerprint density at radius 2 is 1.95 bits per heavy atom. The Bertz CT molecular complexity index is 348. The lowest BCUT2D eigenvalue weighted by Gasteiger charge is -2.35. The van der Waals surface area contributed by atoms with Crippen molar-refractivity contribution in [2.75, 3.05) is 19.3 Å². The van der Waals surface area contributed by atoms with Crippen LogP contribution in [0.25, 0.3) is 0 Å². The number of thioether (sulfide) groups is 1. The summed E-state index contributed by atoms with van der Waals surface area (Å²) in [5.74, 6) is -0.884. The maximum atomic E-state index is 12.2. The van der Waals surface area contributed by atoms with Crippen molar-refractivity contribution in [3.05, 3.63) is 0 Å². The van der Waals surface area contributed by atoms with E-state index in [-0.39, 0.29) is 29.3 Å². The number of nitrogens with one attached hydrogen (secondary N) is 1. The SMILES string of the molecule is CSC1(CNC(=O)N(CCC(=O)O)C(C)(C)C)CC1. The fraction of sp³-hybridized carbons (Fsp3) is 0.846. The minimum atomic E-state index is -0.884. The van der Waals surface area contributed by atoms with Gasteiger partial charge < -0.3 is 15.3 Å². The topological polar surface area (TPSA) is 69.6 Å². The minimum absolute atomic E-state index is 0.0294. The summed E-state index contributed by atoms with van der Waals surface area (Å²) in [5.41, 5.74) is -0.379. The van der Waals surface area contributed by atoms with Crippen molar-refractivity contribution < 1.29 is 14.7 Å². The number of hydrogen-bond acceptors (Lipinski definition) is 3. The minimum Gasteiger partial charge on any atom is -0.481 e. The molecule has 5 nitrogen and oxygen atoms in total. The van der Waals surface area contributed by atoms with Gasteiger partial charge in [-0.1, -0.05) is 0 Å². The first kappa shape index (κ1) is 16.1. The summed E-state index contributed by atoms with van der Waals surface area (Å²) in [7, 11) is 0. The van der Waals surface area contributed by atoms with Gasteiger partial charge in [-0.3, -0.25) is 4.79 Å². The predicted molar refractivity (Wildman–Crippen MR) is 77.6 cm³/mol. The Morgan fingerprint density at radius 3 is 2.32 bits per heavy atom. The zero-order valence-electron chi connectivity index (χ0n) is 12.2. The number of rotatable bonds is 6. The number of carboxylic acid groups (broad SMARTS) is 1. The maximum absolute atomic E-state index is 12.2. The molecule has 0 spiro atoms. The third-order valence-corrected chi connectivity index (χ3v) is 4.83. The van der Waals surface area contributed by atoms with Gasteiger partial charge in [-0.05, 0) is 39.9 Å². The van der Waals surface area contributed by atoms with Crippen LogP contribution in [0.1, 0.15) is 40.0 Å². The average molecular weight is 288 g/mol. The van der Waals surface area contributed by atoms with Gasteiger partial charge in [0.25, 0.3) is 0 Å². The fourth-order valence-corrected chi connectivity index (χ4v) is 2.60. The molecule has 2 N–H and O–H groups in total. The highest BCUT2D eigenvalue weighted by molar-refractivity contribution is 8.00. The first-order valence-corrected chi connectivity index (χ1v) is 7.75. The Labute approximate surface area is 119 Å². The van der Waals surface area contributed by atoms with E-state index in [0.717, 1.165) is 12.8 Å². The Hall–Kier alpha value is -0.910. The molecule has 0 radical (unpaired) electrons. The highest BCUT2D eigenvalue weighted by Crippen LogP contribution is 2.46. The second-order valence-corrected chi connectivity index (χ2v) is 7.29. The molecule has 0 unspecified atom stereocenters. The van der Waals surface area contributed by atoms with Crippen LogP contribution in [-0.4, -0.2) is 51.6 Å². The van der Waals surface area contributed by atoms with E-state index in [0.29, 0.717) is 6.54 Å². The molecule has 1 saturated carbocycles. The maximum Gasteiger partial charge on any atom is 0.317 e. The number of aliphatic carboxylic acids is 1. The number of nitrogens with zero attached hydrogens (tertiary/aromatic N) is 1. The van der Waals surface area contributed by atoms with E-state index < -0.39 is 5.97 Å². The van der Waals surface area contributed by atoms with E-state index in [9.17, 15) is 9.59 Å². The van der Waals surface area contributed by atoms with Gasteiger partial charge in [0.05, 0.1) is 6.42 Å². The molecule has 0 aromatic carbocycles. The van der Waals surface area contributed by atoms with Crippen molar-refractivity contribution in [1.29, 1.82) is 0 Å². The van der Waals surface area contributed by atoms with E-state index in [1.807, 2.05) is 20.8 Å². The lowest BCUT2D eigenvalue weighted by molar-refractivity contribution is -0.137. The molecule has 0 aliphatic heterocycles. The van der Waals surface area contributed by atoms with Gasteiger partial charge in [0.2, 0.25) is 0 Å². The van der Waals surface area contributed by atoms with Crippen LogP contribution in [0.3, 0.4) is 0 Å². The van der Waals surface area contributed by atoms with E-state index in [4.69, 9.17) is 5.11 Å². The van der Waals surface area contributed by atoms with Crippen molar-refractivity contribution >= 4 is 23.8 Å². The first-order valence-electron chi connectivity index (χ1n) is 6.53. The molecule has 1 aliphatic rings. The molecule has 2 amide bonds. The molecule has 1 aliphatic carbocycles. The highest BCUT2D eigenvalue weighted by Gasteiger charge is 2.42. The van der Waals surface area contributed by atoms with Crippen LogP contribution in [-0.2, 0) is 4.79 Å². The van der Waals surface area contributed by atoms with Gasteiger partial charge in [0, 0.05) is 23.4 Å². The summed E-state index contributed by atoms with van der Waals surface area (Å²) in [5, 5.41) is 11.7. The standard InChI is InChI=1S/C13H24N2O3S/c1-12(2,3)15(8-5-10(16)17)11(18)14-9-13(19-4)6-7-13/h5-9H2,1-4H3,(H,14,18)(H,16,17). The van der Waals surface area contributed by atoms with Crippen molar-refractivity contribution in [2.24, 2.45) is 0 Å². The average Bonchev–Trinajstić information content (AvgIpc) is 3.05. The second-order valence-electron chi connectivity index (χ2n) is 6.01. The molecule has 0 heterocycles. The van der Waals surface area contributed by atoms with Crippen LogP contribution in [0.15, 0.2) is 0 Å². The molecule has 0 bridgehead atoms. The van der Waals surface area contributed by atoms with Crippen molar-refractivity contribution in [3.8, 4) is 0 Å². The van der Waals surface area contributed by atoms with Crippen molar-refractivity contribution in [1.82, 2.24) is 10.2 Å². The number of urea groups is 1. The number of carboxylic acids is 1. The van der Waals surface area contributed by atoms with Gasteiger partial charge in [-0.2, -0.15) is 11.8 Å². The Balaban J connectivity index is 2.54. The second kappa shape index (κ2) is 6.03. The van der Waals surface area contributed by atoms with Crippen LogP contribution in [0, 0.1) is 0 Å². The summed E-state index contributed by atoms with van der Waals surface area (Å²) in [6.07, 6.45) is 4.31. The molecule has 0 atom stereocenters. The summed E-state index contributed by atoms with van der Waals surface area (Å²) in [6, 6.07) is -0.172. The van der Waals surface area contributed by atoms with Crippen LogP contribution in [0.5, 0.6) is 0 Å². The molecular formula is C13H24N2O3S. The van der Waals surface area contributed by atoms with Crippen LogP contribution < -0.4 is 5.32 Å². The summed E-state index contributed by atoms with van der Waals surface area (Å²) >= 11 is 1.79. The van der Waals surface area contributed by atoms with Crippen molar-refractivity contribution in [2.45, 2.75) is 50.3 Å². The van der Waals surface area contributed by atoms with Gasteiger partial charge in [0.1, 0.15) is 0 Å². The highest BCUT2D eigenvalue weighted by atomic mass is 32.2. The molecule has 0 aromatic heterocycles. The van der Waals surface area contributed by atoms with Crippen molar-refractivity contribution in [3.63, 3.8) is 0 Å². The van der Waals surface area contributed by atoms with Gasteiger partial charge >= 0.3 is 12.0 Å². The quantitative estimate of drug-likeness (QED) is 0.786. The van der Waals surface area contributed by atoms with E-state index in [1.54, 1.807) is 16.7 Å². The van der Waals surface area contributed by atoms with Gasteiger partial charge in [0.15, 0.2) is 0 Å². The van der Waals surface area contributed by atoms with Crippen LogP contribution in [0.4, 0.5) is 4.79 Å². The molecule has 0 aromatic rings. The lowest BCUT2D eigenvalue weighted by atomic mass is 10.1. The summed E-state index contributed by atoms with van der Waals surface area (Å²) in [6.45, 7) is 6.63. The third-order valence-electron chi connectivity index (χ3n) is 3.41. The van der Waals surface area contributed by atoms with Crippen LogP contribution >= 0.6 is 11.8 Å².